The number of hydrogen-bond donors (Lipinski definition) is 2. The van der Waals surface area contributed by atoms with Crippen molar-refractivity contribution in [3.63, 3.8) is 0 Å². The first-order valence-corrected chi connectivity index (χ1v) is 9.14. The van der Waals surface area contributed by atoms with Gasteiger partial charge in [0.25, 0.3) is 5.91 Å². The summed E-state index contributed by atoms with van der Waals surface area (Å²) < 4.78 is 55.6. The normalized spacial score (nSPS) is 12.6. The number of rotatable bonds is 6. The zero-order valence-electron chi connectivity index (χ0n) is 16.1. The third kappa shape index (κ3) is 4.68. The highest BCUT2D eigenvalue weighted by Gasteiger charge is 2.33. The standard InChI is InChI=1S/C21H20F4N4O/c1-29-19(8-9-27-29)16-7-6-14(11-18(16)22)20(30)28-15(12-26)10-13-4-2-3-5-17(13)21(23,24)25/h2-9,11,15H,10,12,26H2,1H3,(H,28,30). The first kappa shape index (κ1) is 21.5. The molecule has 0 aliphatic heterocycles. The Morgan fingerprint density at radius 1 is 1.20 bits per heavy atom. The summed E-state index contributed by atoms with van der Waals surface area (Å²) in [6.45, 7) is -0.0759. The topological polar surface area (TPSA) is 72.9 Å². The van der Waals surface area contributed by atoms with Crippen LogP contribution in [0.1, 0.15) is 21.5 Å². The molecule has 0 spiro atoms. The smallest absolute Gasteiger partial charge is 0.348 e. The van der Waals surface area contributed by atoms with Crippen LogP contribution in [0, 0.1) is 5.82 Å². The Kier molecular flexibility index (Phi) is 6.21. The van der Waals surface area contributed by atoms with Gasteiger partial charge in [0.2, 0.25) is 0 Å². The minimum atomic E-state index is -4.51. The minimum absolute atomic E-state index is 0.0264. The second-order valence-electron chi connectivity index (χ2n) is 6.80. The fourth-order valence-corrected chi connectivity index (χ4v) is 3.20. The predicted molar refractivity (Wildman–Crippen MR) is 104 cm³/mol. The van der Waals surface area contributed by atoms with Gasteiger partial charge in [-0.2, -0.15) is 18.3 Å². The Labute approximate surface area is 170 Å². The predicted octanol–water partition coefficient (Wildman–Crippen LogP) is 3.54. The SMILES string of the molecule is Cn1nccc1-c1ccc(C(=O)NC(CN)Cc2ccccc2C(F)(F)F)cc1F. The van der Waals surface area contributed by atoms with Gasteiger partial charge >= 0.3 is 6.18 Å². The van der Waals surface area contributed by atoms with Crippen molar-refractivity contribution in [1.82, 2.24) is 15.1 Å². The lowest BCUT2D eigenvalue weighted by molar-refractivity contribution is -0.138. The molecule has 3 rings (SSSR count). The Bertz CT molecular complexity index is 1050. The van der Waals surface area contributed by atoms with Crippen LogP contribution >= 0.6 is 0 Å². The van der Waals surface area contributed by atoms with E-state index in [9.17, 15) is 22.4 Å². The number of alkyl halides is 3. The second-order valence-corrected chi connectivity index (χ2v) is 6.80. The number of nitrogens with zero attached hydrogens (tertiary/aromatic N) is 2. The summed E-state index contributed by atoms with van der Waals surface area (Å²) in [6.07, 6.45) is -3.09. The number of aromatic nitrogens is 2. The van der Waals surface area contributed by atoms with E-state index in [-0.39, 0.29) is 29.7 Å². The molecule has 0 aliphatic rings. The summed E-state index contributed by atoms with van der Waals surface area (Å²) in [5.41, 5.74) is 5.78. The van der Waals surface area contributed by atoms with E-state index in [2.05, 4.69) is 10.4 Å². The monoisotopic (exact) mass is 420 g/mol. The average Bonchev–Trinajstić information content (AvgIpc) is 3.12. The van der Waals surface area contributed by atoms with Crippen molar-refractivity contribution < 1.29 is 22.4 Å². The van der Waals surface area contributed by atoms with E-state index in [1.54, 1.807) is 13.1 Å². The van der Waals surface area contributed by atoms with Gasteiger partial charge in [0.1, 0.15) is 5.82 Å². The summed E-state index contributed by atoms with van der Waals surface area (Å²) in [5.74, 6) is -1.23. The molecule has 0 saturated heterocycles. The molecular weight excluding hydrogens is 400 g/mol. The average molecular weight is 420 g/mol. The molecule has 0 aliphatic carbocycles. The van der Waals surface area contributed by atoms with Crippen molar-refractivity contribution in [3.8, 4) is 11.3 Å². The molecule has 1 amide bonds. The third-order valence-electron chi connectivity index (χ3n) is 4.74. The number of nitrogens with one attached hydrogen (secondary N) is 1. The highest BCUT2D eigenvalue weighted by molar-refractivity contribution is 5.95. The van der Waals surface area contributed by atoms with Crippen molar-refractivity contribution in [2.45, 2.75) is 18.6 Å². The van der Waals surface area contributed by atoms with Crippen LogP contribution in [0.3, 0.4) is 0 Å². The van der Waals surface area contributed by atoms with Crippen LogP contribution in [-0.2, 0) is 19.6 Å². The number of carbonyl (C=O) groups is 1. The molecule has 3 N–H and O–H groups in total. The van der Waals surface area contributed by atoms with Crippen molar-refractivity contribution in [3.05, 3.63) is 77.2 Å². The van der Waals surface area contributed by atoms with Gasteiger partial charge in [-0.05, 0) is 42.3 Å². The number of carbonyl (C=O) groups excluding carboxylic acids is 1. The molecule has 1 aromatic heterocycles. The quantitative estimate of drug-likeness (QED) is 0.599. The van der Waals surface area contributed by atoms with Gasteiger partial charge in [-0.3, -0.25) is 9.48 Å². The summed E-state index contributed by atoms with van der Waals surface area (Å²) in [5, 5.41) is 6.57. The van der Waals surface area contributed by atoms with Gasteiger partial charge in [-0.1, -0.05) is 18.2 Å². The molecule has 2 aromatic carbocycles. The third-order valence-corrected chi connectivity index (χ3v) is 4.74. The van der Waals surface area contributed by atoms with E-state index >= 15 is 0 Å². The van der Waals surface area contributed by atoms with Crippen LogP contribution in [0.25, 0.3) is 11.3 Å². The van der Waals surface area contributed by atoms with Crippen molar-refractivity contribution in [2.75, 3.05) is 6.54 Å². The summed E-state index contributed by atoms with van der Waals surface area (Å²) in [7, 11) is 1.67. The Morgan fingerprint density at radius 2 is 1.93 bits per heavy atom. The molecule has 3 aromatic rings. The molecular formula is C21H20F4N4O. The van der Waals surface area contributed by atoms with Gasteiger partial charge < -0.3 is 11.1 Å². The lowest BCUT2D eigenvalue weighted by atomic mass is 9.99. The van der Waals surface area contributed by atoms with Gasteiger partial charge in [0.15, 0.2) is 0 Å². The maximum atomic E-state index is 14.5. The van der Waals surface area contributed by atoms with E-state index in [0.29, 0.717) is 5.69 Å². The van der Waals surface area contributed by atoms with Crippen LogP contribution in [0.2, 0.25) is 0 Å². The van der Waals surface area contributed by atoms with Crippen LogP contribution in [0.15, 0.2) is 54.7 Å². The fraction of sp³-hybridized carbons (Fsp3) is 0.238. The molecule has 1 heterocycles. The van der Waals surface area contributed by atoms with E-state index in [4.69, 9.17) is 5.73 Å². The van der Waals surface area contributed by atoms with Gasteiger partial charge in [-0.15, -0.1) is 0 Å². The molecule has 1 atom stereocenters. The van der Waals surface area contributed by atoms with Crippen molar-refractivity contribution in [2.24, 2.45) is 12.8 Å². The number of benzene rings is 2. The molecule has 9 heteroatoms. The van der Waals surface area contributed by atoms with Crippen LogP contribution in [0.5, 0.6) is 0 Å². The lowest BCUT2D eigenvalue weighted by Gasteiger charge is -2.20. The van der Waals surface area contributed by atoms with Crippen molar-refractivity contribution in [1.29, 1.82) is 0 Å². The summed E-state index contributed by atoms with van der Waals surface area (Å²) in [6, 6.07) is 9.99. The number of hydrogen-bond acceptors (Lipinski definition) is 3. The van der Waals surface area contributed by atoms with E-state index in [0.717, 1.165) is 12.1 Å². The first-order valence-electron chi connectivity index (χ1n) is 9.14. The molecule has 0 fully saturated rings. The van der Waals surface area contributed by atoms with Gasteiger partial charge in [-0.25, -0.2) is 4.39 Å². The zero-order valence-corrected chi connectivity index (χ0v) is 16.1. The summed E-state index contributed by atoms with van der Waals surface area (Å²) in [4.78, 5) is 12.5. The van der Waals surface area contributed by atoms with Gasteiger partial charge in [0.05, 0.1) is 11.3 Å². The van der Waals surface area contributed by atoms with Crippen LogP contribution < -0.4 is 11.1 Å². The number of halogens is 4. The minimum Gasteiger partial charge on any atom is -0.348 e. The van der Waals surface area contributed by atoms with E-state index in [1.807, 2.05) is 0 Å². The maximum Gasteiger partial charge on any atom is 0.416 e. The van der Waals surface area contributed by atoms with E-state index in [1.165, 1.54) is 41.2 Å². The number of nitrogens with two attached hydrogens (primary N) is 1. The van der Waals surface area contributed by atoms with Crippen LogP contribution in [-0.4, -0.2) is 28.3 Å². The molecule has 5 nitrogen and oxygen atoms in total. The highest BCUT2D eigenvalue weighted by atomic mass is 19.4. The molecule has 30 heavy (non-hydrogen) atoms. The summed E-state index contributed by atoms with van der Waals surface area (Å²) >= 11 is 0. The Morgan fingerprint density at radius 3 is 2.53 bits per heavy atom. The Hall–Kier alpha value is -3.20. The zero-order chi connectivity index (χ0) is 21.9. The maximum absolute atomic E-state index is 14.5. The fourth-order valence-electron chi connectivity index (χ4n) is 3.20. The number of aryl methyl sites for hydroxylation is 1. The molecule has 0 radical (unpaired) electrons. The van der Waals surface area contributed by atoms with Gasteiger partial charge in [0, 0.05) is 37.0 Å². The Balaban J connectivity index is 1.77. The second kappa shape index (κ2) is 8.66. The molecule has 1 unspecified atom stereocenters. The lowest BCUT2D eigenvalue weighted by Crippen LogP contribution is -2.42. The first-order chi connectivity index (χ1) is 14.2. The highest BCUT2D eigenvalue weighted by Crippen LogP contribution is 2.32. The molecule has 158 valence electrons. The van der Waals surface area contributed by atoms with Crippen molar-refractivity contribution >= 4 is 5.91 Å². The van der Waals surface area contributed by atoms with E-state index < -0.39 is 29.5 Å². The largest absolute Gasteiger partial charge is 0.416 e. The number of amides is 1. The molecule has 0 bridgehead atoms. The van der Waals surface area contributed by atoms with Crippen LogP contribution in [0.4, 0.5) is 17.6 Å². The molecule has 0 saturated carbocycles.